The van der Waals surface area contributed by atoms with Crippen molar-refractivity contribution in [2.24, 2.45) is 0 Å². The summed E-state index contributed by atoms with van der Waals surface area (Å²) in [4.78, 5) is 34.2. The Hall–Kier alpha value is -2.96. The van der Waals surface area contributed by atoms with E-state index < -0.39 is 0 Å². The number of carbonyl (C=O) groups is 2. The lowest BCUT2D eigenvalue weighted by Gasteiger charge is -2.20. The van der Waals surface area contributed by atoms with Crippen LogP contribution in [0.3, 0.4) is 0 Å². The first-order valence-electron chi connectivity index (χ1n) is 7.88. The summed E-state index contributed by atoms with van der Waals surface area (Å²) in [6, 6.07) is 6.79. The van der Waals surface area contributed by atoms with E-state index in [0.717, 1.165) is 31.7 Å². The molecule has 7 heteroatoms. The molecule has 2 N–H and O–H groups in total. The monoisotopic (exact) mass is 325 g/mol. The molecule has 0 bridgehead atoms. The van der Waals surface area contributed by atoms with Crippen LogP contribution in [-0.2, 0) is 4.79 Å². The van der Waals surface area contributed by atoms with Crippen molar-refractivity contribution in [2.75, 3.05) is 28.6 Å². The Balaban J connectivity index is 1.79. The minimum absolute atomic E-state index is 0.233. The van der Waals surface area contributed by atoms with Crippen molar-refractivity contribution in [3.05, 3.63) is 42.2 Å². The van der Waals surface area contributed by atoms with E-state index in [9.17, 15) is 9.59 Å². The van der Waals surface area contributed by atoms with Crippen molar-refractivity contribution < 1.29 is 9.59 Å². The summed E-state index contributed by atoms with van der Waals surface area (Å²) in [5.41, 5.74) is 1.10. The van der Waals surface area contributed by atoms with Gasteiger partial charge in [-0.25, -0.2) is 9.97 Å². The van der Waals surface area contributed by atoms with Gasteiger partial charge in [-0.05, 0) is 37.1 Å². The molecule has 7 nitrogen and oxygen atoms in total. The fraction of sp³-hybridized carbons (Fsp3) is 0.294. The minimum Gasteiger partial charge on any atom is -0.355 e. The number of hydrogen-bond acceptors (Lipinski definition) is 5. The quantitative estimate of drug-likeness (QED) is 0.900. The van der Waals surface area contributed by atoms with E-state index in [2.05, 4.69) is 25.5 Å². The average Bonchev–Trinajstić information content (AvgIpc) is 3.09. The van der Waals surface area contributed by atoms with Crippen LogP contribution >= 0.6 is 0 Å². The third kappa shape index (κ3) is 3.68. The number of amides is 2. The van der Waals surface area contributed by atoms with Crippen molar-refractivity contribution in [2.45, 2.75) is 19.8 Å². The number of carbonyl (C=O) groups excluding carboxylic acids is 2. The molecule has 24 heavy (non-hydrogen) atoms. The molecule has 1 fully saturated rings. The van der Waals surface area contributed by atoms with Crippen LogP contribution in [0.4, 0.5) is 17.3 Å². The molecule has 0 aromatic carbocycles. The van der Waals surface area contributed by atoms with Gasteiger partial charge in [0.15, 0.2) is 5.82 Å². The van der Waals surface area contributed by atoms with Gasteiger partial charge in [-0.15, -0.1) is 0 Å². The maximum Gasteiger partial charge on any atom is 0.255 e. The van der Waals surface area contributed by atoms with E-state index in [1.165, 1.54) is 13.1 Å². The topological polar surface area (TPSA) is 87.2 Å². The molecule has 0 atom stereocenters. The zero-order valence-electron chi connectivity index (χ0n) is 13.5. The summed E-state index contributed by atoms with van der Waals surface area (Å²) in [6.07, 6.45) is 5.48. The Bertz CT molecular complexity index is 756. The van der Waals surface area contributed by atoms with E-state index >= 15 is 0 Å². The standard InChI is InChI=1S/C17H19N5O2/c1-12(23)20-15-11-13(6-8-18-15)17(24)21-14-5-4-7-19-16(14)22-9-2-3-10-22/h4-8,11H,2-3,9-10H2,1H3,(H,21,24)(H,18,20,23). The fourth-order valence-electron chi connectivity index (χ4n) is 2.69. The molecular formula is C17H19N5O2. The number of nitrogens with zero attached hydrogens (tertiary/aromatic N) is 3. The summed E-state index contributed by atoms with van der Waals surface area (Å²) in [6.45, 7) is 3.29. The van der Waals surface area contributed by atoms with Crippen molar-refractivity contribution in [3.8, 4) is 0 Å². The first-order valence-corrected chi connectivity index (χ1v) is 7.88. The molecule has 1 aliphatic heterocycles. The molecule has 0 aliphatic carbocycles. The van der Waals surface area contributed by atoms with Crippen LogP contribution < -0.4 is 15.5 Å². The average molecular weight is 325 g/mol. The summed E-state index contributed by atoms with van der Waals surface area (Å²) in [7, 11) is 0. The Morgan fingerprint density at radius 3 is 2.62 bits per heavy atom. The van der Waals surface area contributed by atoms with Crippen LogP contribution in [0.25, 0.3) is 0 Å². The first kappa shape index (κ1) is 15.9. The third-order valence-electron chi connectivity index (χ3n) is 3.77. The van der Waals surface area contributed by atoms with Gasteiger partial charge in [-0.2, -0.15) is 0 Å². The lowest BCUT2D eigenvalue weighted by Crippen LogP contribution is -2.22. The Morgan fingerprint density at radius 1 is 1.08 bits per heavy atom. The normalized spacial score (nSPS) is 13.6. The van der Waals surface area contributed by atoms with Gasteiger partial charge >= 0.3 is 0 Å². The third-order valence-corrected chi connectivity index (χ3v) is 3.77. The van der Waals surface area contributed by atoms with Crippen molar-refractivity contribution in [3.63, 3.8) is 0 Å². The van der Waals surface area contributed by atoms with Crippen LogP contribution in [0.5, 0.6) is 0 Å². The number of pyridine rings is 2. The smallest absolute Gasteiger partial charge is 0.255 e. The predicted molar refractivity (Wildman–Crippen MR) is 92.2 cm³/mol. The highest BCUT2D eigenvalue weighted by molar-refractivity contribution is 6.06. The maximum atomic E-state index is 12.5. The lowest BCUT2D eigenvalue weighted by atomic mass is 10.2. The molecule has 2 aromatic rings. The van der Waals surface area contributed by atoms with E-state index in [0.29, 0.717) is 17.1 Å². The van der Waals surface area contributed by atoms with Crippen molar-refractivity contribution in [1.82, 2.24) is 9.97 Å². The van der Waals surface area contributed by atoms with E-state index in [1.54, 1.807) is 24.4 Å². The van der Waals surface area contributed by atoms with Crippen LogP contribution in [0.2, 0.25) is 0 Å². The molecule has 0 saturated carbocycles. The van der Waals surface area contributed by atoms with Crippen LogP contribution in [0.1, 0.15) is 30.1 Å². The molecule has 3 heterocycles. The van der Waals surface area contributed by atoms with Gasteiger partial charge in [-0.3, -0.25) is 9.59 Å². The molecule has 0 spiro atoms. The molecule has 124 valence electrons. The Morgan fingerprint density at radius 2 is 1.88 bits per heavy atom. The second kappa shape index (κ2) is 7.08. The zero-order valence-corrected chi connectivity index (χ0v) is 13.5. The Labute approximate surface area is 140 Å². The van der Waals surface area contributed by atoms with Crippen molar-refractivity contribution in [1.29, 1.82) is 0 Å². The van der Waals surface area contributed by atoms with Gasteiger partial charge in [0, 0.05) is 38.0 Å². The summed E-state index contributed by atoms with van der Waals surface area (Å²) < 4.78 is 0. The van der Waals surface area contributed by atoms with E-state index in [-0.39, 0.29) is 11.8 Å². The second-order valence-corrected chi connectivity index (χ2v) is 5.63. The molecule has 0 radical (unpaired) electrons. The van der Waals surface area contributed by atoms with Gasteiger partial charge < -0.3 is 15.5 Å². The largest absolute Gasteiger partial charge is 0.355 e. The highest BCUT2D eigenvalue weighted by atomic mass is 16.2. The highest BCUT2D eigenvalue weighted by Crippen LogP contribution is 2.26. The zero-order chi connectivity index (χ0) is 16.9. The SMILES string of the molecule is CC(=O)Nc1cc(C(=O)Nc2cccnc2N2CCCC2)ccn1. The highest BCUT2D eigenvalue weighted by Gasteiger charge is 2.18. The van der Waals surface area contributed by atoms with E-state index in [1.807, 2.05) is 6.07 Å². The molecular weight excluding hydrogens is 306 g/mol. The molecule has 1 saturated heterocycles. The van der Waals surface area contributed by atoms with Gasteiger partial charge in [0.1, 0.15) is 5.82 Å². The summed E-state index contributed by atoms with van der Waals surface area (Å²) in [5, 5.41) is 5.47. The number of rotatable bonds is 4. The number of anilines is 3. The molecule has 2 amide bonds. The molecule has 2 aromatic heterocycles. The predicted octanol–water partition coefficient (Wildman–Crippen LogP) is 2.29. The van der Waals surface area contributed by atoms with Crippen LogP contribution in [0.15, 0.2) is 36.7 Å². The lowest BCUT2D eigenvalue weighted by molar-refractivity contribution is -0.114. The second-order valence-electron chi connectivity index (χ2n) is 5.63. The maximum absolute atomic E-state index is 12.5. The van der Waals surface area contributed by atoms with Crippen LogP contribution in [0, 0.1) is 0 Å². The number of hydrogen-bond donors (Lipinski definition) is 2. The number of aromatic nitrogens is 2. The molecule has 0 unspecified atom stereocenters. The van der Waals surface area contributed by atoms with Crippen molar-refractivity contribution >= 4 is 29.1 Å². The molecule has 3 rings (SSSR count). The minimum atomic E-state index is -0.266. The number of nitrogens with one attached hydrogen (secondary N) is 2. The van der Waals surface area contributed by atoms with Gasteiger partial charge in [0.05, 0.1) is 5.69 Å². The van der Waals surface area contributed by atoms with E-state index in [4.69, 9.17) is 0 Å². The van der Waals surface area contributed by atoms with Crippen LogP contribution in [-0.4, -0.2) is 34.9 Å². The van der Waals surface area contributed by atoms with Gasteiger partial charge in [0.2, 0.25) is 5.91 Å². The summed E-state index contributed by atoms with van der Waals surface area (Å²) >= 11 is 0. The molecule has 1 aliphatic rings. The first-order chi connectivity index (χ1) is 11.6. The Kier molecular flexibility index (Phi) is 4.69. The summed E-state index contributed by atoms with van der Waals surface area (Å²) in [5.74, 6) is 0.640. The fourth-order valence-corrected chi connectivity index (χ4v) is 2.69. The van der Waals surface area contributed by atoms with Gasteiger partial charge in [-0.1, -0.05) is 0 Å². The van der Waals surface area contributed by atoms with Gasteiger partial charge in [0.25, 0.3) is 5.91 Å².